The molecule has 0 saturated heterocycles. The first-order chi connectivity index (χ1) is 12.7. The van der Waals surface area contributed by atoms with Crippen molar-refractivity contribution in [3.63, 3.8) is 0 Å². The van der Waals surface area contributed by atoms with Crippen molar-refractivity contribution in [1.29, 1.82) is 0 Å². The number of likely N-dealkylation sites (N-methyl/N-ethyl adjacent to an activating group) is 1. The molecule has 134 valence electrons. The fraction of sp³-hybridized carbons (Fsp3) is 0.421. The number of nitrogens with zero attached hydrogens (tertiary/aromatic N) is 3. The minimum absolute atomic E-state index is 0.125. The molecule has 0 radical (unpaired) electrons. The van der Waals surface area contributed by atoms with Crippen LogP contribution in [0, 0.1) is 5.92 Å². The average Bonchev–Trinajstić information content (AvgIpc) is 3.22. The van der Waals surface area contributed by atoms with Crippen molar-refractivity contribution in [2.75, 3.05) is 18.9 Å². The van der Waals surface area contributed by atoms with Crippen molar-refractivity contribution < 1.29 is 4.79 Å². The van der Waals surface area contributed by atoms with Gasteiger partial charge in [0.25, 0.3) is 5.91 Å². The Morgan fingerprint density at radius 2 is 2.31 bits per heavy atom. The van der Waals surface area contributed by atoms with Gasteiger partial charge in [-0.15, -0.1) is 0 Å². The summed E-state index contributed by atoms with van der Waals surface area (Å²) in [7, 11) is 2.13. The molecule has 1 fully saturated rings. The van der Waals surface area contributed by atoms with Crippen LogP contribution >= 0.6 is 11.5 Å². The van der Waals surface area contributed by atoms with Crippen LogP contribution in [0.25, 0.3) is 10.9 Å². The van der Waals surface area contributed by atoms with Gasteiger partial charge in [-0.3, -0.25) is 10.1 Å². The van der Waals surface area contributed by atoms with Gasteiger partial charge in [-0.1, -0.05) is 0 Å². The van der Waals surface area contributed by atoms with Crippen LogP contribution in [0.5, 0.6) is 0 Å². The first-order valence-electron chi connectivity index (χ1n) is 9.11. The minimum Gasteiger partial charge on any atom is -0.358 e. The molecule has 1 aliphatic heterocycles. The lowest BCUT2D eigenvalue weighted by Gasteiger charge is -2.22. The lowest BCUT2D eigenvalue weighted by molar-refractivity contribution is 0.102. The molecule has 3 aromatic rings. The number of nitrogens with one attached hydrogen (secondary N) is 2. The van der Waals surface area contributed by atoms with E-state index in [1.807, 2.05) is 18.2 Å². The summed E-state index contributed by atoms with van der Waals surface area (Å²) in [5, 5.41) is 4.63. The normalized spacial score (nSPS) is 17.4. The maximum atomic E-state index is 12.7. The van der Waals surface area contributed by atoms with Gasteiger partial charge in [0.15, 0.2) is 0 Å². The number of aromatic amines is 1. The van der Waals surface area contributed by atoms with Gasteiger partial charge in [0.1, 0.15) is 5.82 Å². The van der Waals surface area contributed by atoms with Crippen LogP contribution in [0.4, 0.5) is 5.13 Å². The van der Waals surface area contributed by atoms with Gasteiger partial charge in [-0.25, -0.2) is 4.98 Å². The van der Waals surface area contributed by atoms with E-state index in [0.29, 0.717) is 10.7 Å². The number of H-pyrrole nitrogens is 1. The van der Waals surface area contributed by atoms with Gasteiger partial charge in [-0.05, 0) is 49.6 Å². The Labute approximate surface area is 155 Å². The molecule has 6 nitrogen and oxygen atoms in total. The van der Waals surface area contributed by atoms with E-state index >= 15 is 0 Å². The Morgan fingerprint density at radius 3 is 3.15 bits per heavy atom. The summed E-state index contributed by atoms with van der Waals surface area (Å²) in [6.45, 7) is 1.98. The number of rotatable bonds is 4. The highest BCUT2D eigenvalue weighted by molar-refractivity contribution is 7.09. The third kappa shape index (κ3) is 3.01. The van der Waals surface area contributed by atoms with E-state index in [4.69, 9.17) is 0 Å². The standard InChI is InChI=1S/C19H21N5OS/c1-24-7-6-16-14(10-24)13-9-12(4-5-15(13)20-16)18(25)22-19-21-17(23-26-19)8-11-2-3-11/h4-5,9,11,20H,2-3,6-8,10H2,1H3,(H,21,22,23,25). The Kier molecular flexibility index (Phi) is 3.79. The molecule has 5 rings (SSSR count). The van der Waals surface area contributed by atoms with Crippen LogP contribution in [0.15, 0.2) is 18.2 Å². The van der Waals surface area contributed by atoms with Crippen LogP contribution in [0.1, 0.15) is 40.3 Å². The monoisotopic (exact) mass is 367 g/mol. The smallest absolute Gasteiger partial charge is 0.257 e. The van der Waals surface area contributed by atoms with Gasteiger partial charge >= 0.3 is 0 Å². The summed E-state index contributed by atoms with van der Waals surface area (Å²) in [5.74, 6) is 1.47. The second kappa shape index (κ2) is 6.17. The van der Waals surface area contributed by atoms with Crippen LogP contribution in [0.2, 0.25) is 0 Å². The van der Waals surface area contributed by atoms with Crippen molar-refractivity contribution >= 4 is 33.5 Å². The molecule has 7 heteroatoms. The van der Waals surface area contributed by atoms with E-state index in [2.05, 4.69) is 31.6 Å². The number of carbonyl (C=O) groups excluding carboxylic acids is 1. The van der Waals surface area contributed by atoms with Crippen molar-refractivity contribution in [1.82, 2.24) is 19.2 Å². The first kappa shape index (κ1) is 16.0. The van der Waals surface area contributed by atoms with Gasteiger partial charge < -0.3 is 9.88 Å². The van der Waals surface area contributed by atoms with Crippen LogP contribution in [0.3, 0.4) is 0 Å². The number of carbonyl (C=O) groups is 1. The first-order valence-corrected chi connectivity index (χ1v) is 9.89. The quantitative estimate of drug-likeness (QED) is 0.743. The van der Waals surface area contributed by atoms with Crippen LogP contribution in [-0.2, 0) is 19.4 Å². The molecular weight excluding hydrogens is 346 g/mol. The predicted molar refractivity (Wildman–Crippen MR) is 103 cm³/mol. The minimum atomic E-state index is -0.125. The highest BCUT2D eigenvalue weighted by Crippen LogP contribution is 2.32. The summed E-state index contributed by atoms with van der Waals surface area (Å²) >= 11 is 1.26. The summed E-state index contributed by atoms with van der Waals surface area (Å²) in [5.41, 5.74) is 4.37. The zero-order chi connectivity index (χ0) is 17.7. The molecule has 26 heavy (non-hydrogen) atoms. The van der Waals surface area contributed by atoms with Crippen molar-refractivity contribution in [3.05, 3.63) is 40.8 Å². The Balaban J connectivity index is 1.38. The largest absolute Gasteiger partial charge is 0.358 e. The highest BCUT2D eigenvalue weighted by atomic mass is 32.1. The molecule has 3 heterocycles. The van der Waals surface area contributed by atoms with Crippen molar-refractivity contribution in [2.24, 2.45) is 5.92 Å². The van der Waals surface area contributed by atoms with Gasteiger partial charge in [0.05, 0.1) is 0 Å². The number of anilines is 1. The number of hydrogen-bond donors (Lipinski definition) is 2. The molecule has 0 atom stereocenters. The molecule has 1 aliphatic carbocycles. The molecule has 1 aromatic carbocycles. The highest BCUT2D eigenvalue weighted by Gasteiger charge is 2.24. The number of amides is 1. The molecule has 1 saturated carbocycles. The SMILES string of the molecule is CN1CCc2[nH]c3ccc(C(=O)Nc4nc(CC5CC5)ns4)cc3c2C1. The molecule has 2 aromatic heterocycles. The van der Waals surface area contributed by atoms with Crippen LogP contribution < -0.4 is 5.32 Å². The zero-order valence-corrected chi connectivity index (χ0v) is 15.5. The summed E-state index contributed by atoms with van der Waals surface area (Å²) in [6, 6.07) is 5.86. The Hall–Kier alpha value is -2.25. The van der Waals surface area contributed by atoms with Gasteiger partial charge in [-0.2, -0.15) is 4.37 Å². The maximum absolute atomic E-state index is 12.7. The third-order valence-corrected chi connectivity index (χ3v) is 5.95. The lowest BCUT2D eigenvalue weighted by Crippen LogP contribution is -2.26. The molecule has 1 amide bonds. The fourth-order valence-corrected chi connectivity index (χ4v) is 4.22. The summed E-state index contributed by atoms with van der Waals surface area (Å²) < 4.78 is 4.36. The van der Waals surface area contributed by atoms with E-state index in [1.165, 1.54) is 35.6 Å². The maximum Gasteiger partial charge on any atom is 0.257 e. The van der Waals surface area contributed by atoms with E-state index in [9.17, 15) is 4.79 Å². The topological polar surface area (TPSA) is 73.9 Å². The van der Waals surface area contributed by atoms with Crippen molar-refractivity contribution in [3.8, 4) is 0 Å². The molecular formula is C19H21N5OS. The molecule has 2 N–H and O–H groups in total. The second-order valence-corrected chi connectivity index (χ2v) is 8.20. The van der Waals surface area contributed by atoms with Crippen LogP contribution in [-0.4, -0.2) is 38.7 Å². The fourth-order valence-electron chi connectivity index (χ4n) is 3.63. The molecule has 0 spiro atoms. The molecule has 0 unspecified atom stereocenters. The molecule has 0 bridgehead atoms. The van der Waals surface area contributed by atoms with Gasteiger partial charge in [0, 0.05) is 59.6 Å². The number of hydrogen-bond acceptors (Lipinski definition) is 5. The van der Waals surface area contributed by atoms with E-state index in [-0.39, 0.29) is 5.91 Å². The summed E-state index contributed by atoms with van der Waals surface area (Å²) in [6.07, 6.45) is 4.51. The number of benzene rings is 1. The Bertz CT molecular complexity index is 987. The van der Waals surface area contributed by atoms with E-state index < -0.39 is 0 Å². The van der Waals surface area contributed by atoms with E-state index in [0.717, 1.165) is 48.6 Å². The third-order valence-electron chi connectivity index (χ3n) is 5.28. The average molecular weight is 367 g/mol. The predicted octanol–water partition coefficient (Wildman–Crippen LogP) is 3.21. The zero-order valence-electron chi connectivity index (χ0n) is 14.7. The summed E-state index contributed by atoms with van der Waals surface area (Å²) in [4.78, 5) is 22.9. The number of aromatic nitrogens is 3. The molecule has 2 aliphatic rings. The van der Waals surface area contributed by atoms with E-state index in [1.54, 1.807) is 0 Å². The Morgan fingerprint density at radius 1 is 1.42 bits per heavy atom. The van der Waals surface area contributed by atoms with Gasteiger partial charge in [0.2, 0.25) is 5.13 Å². The second-order valence-electron chi connectivity index (χ2n) is 7.45. The van der Waals surface area contributed by atoms with Crippen molar-refractivity contribution in [2.45, 2.75) is 32.2 Å². The number of fused-ring (bicyclic) bond motifs is 3. The lowest BCUT2D eigenvalue weighted by atomic mass is 10.0.